The summed E-state index contributed by atoms with van der Waals surface area (Å²) in [6, 6.07) is 4.36. The van der Waals surface area contributed by atoms with Gasteiger partial charge in [0, 0.05) is 12.6 Å². The summed E-state index contributed by atoms with van der Waals surface area (Å²) < 4.78 is 0. The summed E-state index contributed by atoms with van der Waals surface area (Å²) >= 11 is 0. The molecule has 0 bridgehead atoms. The fraction of sp³-hybridized carbons (Fsp3) is 0.682. The molecule has 160 valence electrons. The third-order valence-electron chi connectivity index (χ3n) is 5.87. The van der Waals surface area contributed by atoms with E-state index in [9.17, 15) is 4.79 Å². The van der Waals surface area contributed by atoms with Crippen LogP contribution in [0.25, 0.3) is 11.0 Å². The number of aromatic nitrogens is 3. The highest BCUT2D eigenvalue weighted by Crippen LogP contribution is 2.23. The van der Waals surface area contributed by atoms with Crippen LogP contribution in [-0.4, -0.2) is 52.1 Å². The van der Waals surface area contributed by atoms with Crippen LogP contribution in [0.5, 0.6) is 0 Å². The second-order valence-electron chi connectivity index (χ2n) is 7.98. The highest BCUT2D eigenvalue weighted by molar-refractivity contribution is 5.86. The van der Waals surface area contributed by atoms with E-state index in [1.165, 1.54) is 38.5 Å². The van der Waals surface area contributed by atoms with E-state index in [0.717, 1.165) is 55.9 Å². The first-order valence-electron chi connectivity index (χ1n) is 11.3. The molecule has 0 atom stereocenters. The van der Waals surface area contributed by atoms with Gasteiger partial charge in [0.2, 0.25) is 0 Å². The molecule has 3 N–H and O–H groups in total. The molecular weight excluding hydrogens is 364 g/mol. The van der Waals surface area contributed by atoms with Crippen LogP contribution in [0, 0.1) is 0 Å². The van der Waals surface area contributed by atoms with E-state index in [4.69, 9.17) is 4.98 Å². The van der Waals surface area contributed by atoms with Crippen molar-refractivity contribution in [3.05, 3.63) is 22.6 Å². The van der Waals surface area contributed by atoms with Gasteiger partial charge in [-0.05, 0) is 57.5 Å². The number of hydrogen-bond donors (Lipinski definition) is 3. The maximum Gasteiger partial charge on any atom is 0.347 e. The van der Waals surface area contributed by atoms with Gasteiger partial charge in [0.05, 0.1) is 5.52 Å². The lowest BCUT2D eigenvalue weighted by Gasteiger charge is -2.23. The number of pyridine rings is 1. The van der Waals surface area contributed by atoms with Crippen LogP contribution < -0.4 is 16.3 Å². The quantitative estimate of drug-likeness (QED) is 0.495. The zero-order chi connectivity index (χ0) is 20.5. The summed E-state index contributed by atoms with van der Waals surface area (Å²) in [5.41, 5.74) is 1.12. The number of nitrogens with zero attached hydrogens (tertiary/aromatic N) is 3. The molecule has 2 aromatic heterocycles. The van der Waals surface area contributed by atoms with Crippen molar-refractivity contribution in [1.82, 2.24) is 19.9 Å². The third kappa shape index (κ3) is 6.42. The smallest absolute Gasteiger partial charge is 0.347 e. The minimum atomic E-state index is -0.337. The molecule has 0 radical (unpaired) electrons. The summed E-state index contributed by atoms with van der Waals surface area (Å²) in [6.07, 6.45) is 9.69. The summed E-state index contributed by atoms with van der Waals surface area (Å²) in [4.78, 5) is 26.1. The number of rotatable bonds is 11. The normalized spacial score (nSPS) is 15.1. The Labute approximate surface area is 173 Å². The van der Waals surface area contributed by atoms with Crippen LogP contribution in [0.15, 0.2) is 16.9 Å². The minimum absolute atomic E-state index is 0.337. The van der Waals surface area contributed by atoms with Crippen LogP contribution in [-0.2, 0) is 0 Å². The van der Waals surface area contributed by atoms with Crippen molar-refractivity contribution in [2.45, 2.75) is 71.3 Å². The molecule has 7 nitrogen and oxygen atoms in total. The second kappa shape index (κ2) is 11.1. The van der Waals surface area contributed by atoms with Gasteiger partial charge >= 0.3 is 5.69 Å². The molecule has 2 aromatic rings. The van der Waals surface area contributed by atoms with Crippen LogP contribution in [0.1, 0.15) is 65.2 Å². The Morgan fingerprint density at radius 3 is 2.62 bits per heavy atom. The van der Waals surface area contributed by atoms with E-state index < -0.39 is 0 Å². The Kier molecular flexibility index (Phi) is 8.28. The molecule has 7 heteroatoms. The molecule has 1 saturated carbocycles. The first-order valence-corrected chi connectivity index (χ1v) is 11.3. The number of hydrogen-bond acceptors (Lipinski definition) is 6. The van der Waals surface area contributed by atoms with Crippen molar-refractivity contribution < 1.29 is 0 Å². The lowest BCUT2D eigenvalue weighted by Crippen LogP contribution is -2.24. The molecule has 2 heterocycles. The predicted molar refractivity (Wildman–Crippen MR) is 121 cm³/mol. The average Bonchev–Trinajstić information content (AvgIpc) is 2.74. The van der Waals surface area contributed by atoms with Crippen molar-refractivity contribution in [2.24, 2.45) is 0 Å². The average molecular weight is 401 g/mol. The minimum Gasteiger partial charge on any atom is -0.368 e. The van der Waals surface area contributed by atoms with E-state index in [2.05, 4.69) is 39.3 Å². The molecule has 1 aliphatic carbocycles. The number of fused-ring (bicyclic) bond motifs is 1. The molecule has 0 aromatic carbocycles. The standard InChI is InChI=1S/C22H36N6O/c1-3-28(4-2)16-10-6-9-15-23-21-20-18(25-22(29)27-21)13-14-19(26-20)24-17-11-7-5-8-12-17/h13-14,17H,3-12,15-16H2,1-2H3,(H,24,26)(H2,23,25,27,29). The number of anilines is 2. The topological polar surface area (TPSA) is 85.9 Å². The SMILES string of the molecule is CCN(CC)CCCCCNc1nc(=O)[nH]c2ccc(NC3CCCCC3)nc12. The molecule has 29 heavy (non-hydrogen) atoms. The Bertz CT molecular complexity index is 811. The molecule has 1 aliphatic rings. The Morgan fingerprint density at radius 1 is 1.07 bits per heavy atom. The van der Waals surface area contributed by atoms with Crippen molar-refractivity contribution in [3.63, 3.8) is 0 Å². The molecule has 0 unspecified atom stereocenters. The molecule has 0 aliphatic heterocycles. The fourth-order valence-corrected chi connectivity index (χ4v) is 4.08. The molecular formula is C22H36N6O. The monoisotopic (exact) mass is 400 g/mol. The van der Waals surface area contributed by atoms with Crippen LogP contribution in [0.4, 0.5) is 11.6 Å². The highest BCUT2D eigenvalue weighted by Gasteiger charge is 2.14. The predicted octanol–water partition coefficient (Wildman–Crippen LogP) is 3.99. The highest BCUT2D eigenvalue weighted by atomic mass is 16.1. The summed E-state index contributed by atoms with van der Waals surface area (Å²) in [7, 11) is 0. The molecule has 3 rings (SSSR count). The third-order valence-corrected chi connectivity index (χ3v) is 5.87. The van der Waals surface area contributed by atoms with Crippen LogP contribution in [0.3, 0.4) is 0 Å². The summed E-state index contributed by atoms with van der Waals surface area (Å²) in [5, 5.41) is 6.90. The lowest BCUT2D eigenvalue weighted by molar-refractivity contribution is 0.296. The zero-order valence-electron chi connectivity index (χ0n) is 18.0. The van der Waals surface area contributed by atoms with E-state index in [1.807, 2.05) is 12.1 Å². The van der Waals surface area contributed by atoms with Crippen molar-refractivity contribution in [3.8, 4) is 0 Å². The molecule has 0 spiro atoms. The first kappa shape index (κ1) is 21.6. The van der Waals surface area contributed by atoms with Gasteiger partial charge < -0.3 is 20.5 Å². The molecule has 0 saturated heterocycles. The maximum absolute atomic E-state index is 11.9. The van der Waals surface area contributed by atoms with Gasteiger partial charge in [-0.1, -0.05) is 39.5 Å². The van der Waals surface area contributed by atoms with Gasteiger partial charge in [-0.2, -0.15) is 4.98 Å². The van der Waals surface area contributed by atoms with Gasteiger partial charge in [-0.15, -0.1) is 0 Å². The van der Waals surface area contributed by atoms with Crippen molar-refractivity contribution in [1.29, 1.82) is 0 Å². The van der Waals surface area contributed by atoms with Gasteiger partial charge in [0.25, 0.3) is 0 Å². The molecule has 0 amide bonds. The van der Waals surface area contributed by atoms with Crippen molar-refractivity contribution >= 4 is 22.7 Å². The first-order chi connectivity index (χ1) is 14.2. The number of aromatic amines is 1. The Hall–Kier alpha value is -2.15. The lowest BCUT2D eigenvalue weighted by atomic mass is 9.95. The van der Waals surface area contributed by atoms with Crippen LogP contribution >= 0.6 is 0 Å². The summed E-state index contributed by atoms with van der Waals surface area (Å²) in [5.74, 6) is 1.44. The Balaban J connectivity index is 1.59. The second-order valence-corrected chi connectivity index (χ2v) is 7.98. The van der Waals surface area contributed by atoms with Crippen molar-refractivity contribution in [2.75, 3.05) is 36.8 Å². The maximum atomic E-state index is 11.9. The van der Waals surface area contributed by atoms with Gasteiger partial charge in [0.1, 0.15) is 11.3 Å². The largest absolute Gasteiger partial charge is 0.368 e. The Morgan fingerprint density at radius 2 is 1.86 bits per heavy atom. The van der Waals surface area contributed by atoms with Crippen LogP contribution in [0.2, 0.25) is 0 Å². The number of nitrogens with one attached hydrogen (secondary N) is 3. The van der Waals surface area contributed by atoms with E-state index in [0.29, 0.717) is 11.9 Å². The molecule has 1 fully saturated rings. The zero-order valence-corrected chi connectivity index (χ0v) is 18.0. The fourth-order valence-electron chi connectivity index (χ4n) is 4.08. The van der Waals surface area contributed by atoms with Gasteiger partial charge in [-0.25, -0.2) is 9.78 Å². The van der Waals surface area contributed by atoms with Gasteiger partial charge in [-0.3, -0.25) is 0 Å². The van der Waals surface area contributed by atoms with E-state index >= 15 is 0 Å². The van der Waals surface area contributed by atoms with E-state index in [1.54, 1.807) is 0 Å². The van der Waals surface area contributed by atoms with Gasteiger partial charge in [0.15, 0.2) is 5.82 Å². The number of H-pyrrole nitrogens is 1. The number of unbranched alkanes of at least 4 members (excludes halogenated alkanes) is 2. The van der Waals surface area contributed by atoms with E-state index in [-0.39, 0.29) is 5.69 Å². The summed E-state index contributed by atoms with van der Waals surface area (Å²) in [6.45, 7) is 8.59.